The van der Waals surface area contributed by atoms with Crippen LogP contribution in [0.4, 0.5) is 0 Å². The van der Waals surface area contributed by atoms with Crippen molar-refractivity contribution in [1.82, 2.24) is 14.6 Å². The van der Waals surface area contributed by atoms with Crippen molar-refractivity contribution in [3.8, 4) is 0 Å². The van der Waals surface area contributed by atoms with Gasteiger partial charge in [-0.25, -0.2) is 10.4 Å². The number of nitrogens with zero attached hydrogens (tertiary/aromatic N) is 3. The maximum Gasteiger partial charge on any atom is 0.0697 e. The van der Waals surface area contributed by atoms with Crippen LogP contribution in [0, 0.1) is 6.92 Å². The summed E-state index contributed by atoms with van der Waals surface area (Å²) in [6.45, 7) is 2.07. The molecular formula is C17H24N6. The Kier molecular flexibility index (Phi) is 3.14. The third kappa shape index (κ3) is 2.48. The van der Waals surface area contributed by atoms with Crippen molar-refractivity contribution in [1.29, 1.82) is 0 Å². The van der Waals surface area contributed by atoms with E-state index in [1.807, 2.05) is 10.7 Å². The highest BCUT2D eigenvalue weighted by Gasteiger charge is 2.36. The molecule has 0 aromatic carbocycles. The SMILES string of the molecule is Cc1ccc2c3c(nn2c1)CCC(N)(/C(N)=C/N(N)C1CC1)C3. The summed E-state index contributed by atoms with van der Waals surface area (Å²) in [5.74, 6) is 6.03. The van der Waals surface area contributed by atoms with Crippen LogP contribution in [0.25, 0.3) is 5.52 Å². The van der Waals surface area contributed by atoms with Crippen LogP contribution in [0.3, 0.4) is 0 Å². The molecule has 122 valence electrons. The first-order valence-corrected chi connectivity index (χ1v) is 8.23. The molecule has 1 unspecified atom stereocenters. The summed E-state index contributed by atoms with van der Waals surface area (Å²) in [5.41, 5.74) is 17.8. The van der Waals surface area contributed by atoms with Gasteiger partial charge in [-0.15, -0.1) is 0 Å². The number of hydrogen-bond acceptors (Lipinski definition) is 5. The zero-order valence-corrected chi connectivity index (χ0v) is 13.5. The van der Waals surface area contributed by atoms with Gasteiger partial charge in [-0.1, -0.05) is 6.07 Å². The number of hydrogen-bond donors (Lipinski definition) is 3. The zero-order chi connectivity index (χ0) is 16.2. The summed E-state index contributed by atoms with van der Waals surface area (Å²) in [6, 6.07) is 4.65. The van der Waals surface area contributed by atoms with Gasteiger partial charge in [0.25, 0.3) is 0 Å². The molecule has 6 N–H and O–H groups in total. The van der Waals surface area contributed by atoms with Crippen molar-refractivity contribution >= 4 is 5.52 Å². The number of rotatable bonds is 3. The molecular weight excluding hydrogens is 288 g/mol. The fraction of sp³-hybridized carbons (Fsp3) is 0.471. The minimum Gasteiger partial charge on any atom is -0.399 e. The molecule has 0 radical (unpaired) electrons. The van der Waals surface area contributed by atoms with E-state index < -0.39 is 5.54 Å². The molecule has 23 heavy (non-hydrogen) atoms. The molecule has 0 bridgehead atoms. The first-order chi connectivity index (χ1) is 11.0. The van der Waals surface area contributed by atoms with E-state index in [1.165, 1.54) is 11.1 Å². The Bertz CT molecular complexity index is 788. The summed E-state index contributed by atoms with van der Waals surface area (Å²) < 4.78 is 1.96. The molecule has 1 atom stereocenters. The molecule has 6 nitrogen and oxygen atoms in total. The van der Waals surface area contributed by atoms with Crippen molar-refractivity contribution < 1.29 is 0 Å². The van der Waals surface area contributed by atoms with E-state index in [0.717, 1.165) is 36.9 Å². The highest BCUT2D eigenvalue weighted by atomic mass is 15.4. The fourth-order valence-corrected chi connectivity index (χ4v) is 3.40. The minimum absolute atomic E-state index is 0.427. The molecule has 0 saturated heterocycles. The van der Waals surface area contributed by atoms with Gasteiger partial charge in [0.1, 0.15) is 0 Å². The summed E-state index contributed by atoms with van der Waals surface area (Å²) in [7, 11) is 0. The van der Waals surface area contributed by atoms with E-state index in [2.05, 4.69) is 25.3 Å². The topological polar surface area (TPSA) is 98.6 Å². The summed E-state index contributed by atoms with van der Waals surface area (Å²) >= 11 is 0. The van der Waals surface area contributed by atoms with Gasteiger partial charge in [0, 0.05) is 36.1 Å². The van der Waals surface area contributed by atoms with Crippen LogP contribution < -0.4 is 17.3 Å². The third-order valence-electron chi connectivity index (χ3n) is 5.09. The molecule has 0 amide bonds. The first-order valence-electron chi connectivity index (χ1n) is 8.23. The molecule has 0 aliphatic heterocycles. The van der Waals surface area contributed by atoms with Gasteiger partial charge in [-0.3, -0.25) is 0 Å². The number of aromatic nitrogens is 2. The van der Waals surface area contributed by atoms with Crippen LogP contribution in [0.5, 0.6) is 0 Å². The lowest BCUT2D eigenvalue weighted by Crippen LogP contribution is -2.50. The summed E-state index contributed by atoms with van der Waals surface area (Å²) in [5, 5.41) is 6.43. The van der Waals surface area contributed by atoms with Crippen LogP contribution in [-0.2, 0) is 12.8 Å². The molecule has 4 rings (SSSR count). The molecule has 1 fully saturated rings. The highest BCUT2D eigenvalue weighted by molar-refractivity contribution is 5.59. The fourth-order valence-electron chi connectivity index (χ4n) is 3.40. The molecule has 1 saturated carbocycles. The molecule has 2 aromatic heterocycles. The van der Waals surface area contributed by atoms with Gasteiger partial charge in [0.2, 0.25) is 0 Å². The number of aryl methyl sites for hydroxylation is 2. The van der Waals surface area contributed by atoms with E-state index in [4.69, 9.17) is 22.4 Å². The summed E-state index contributed by atoms with van der Waals surface area (Å²) in [6.07, 6.45) is 8.50. The second kappa shape index (κ2) is 4.97. The van der Waals surface area contributed by atoms with Crippen molar-refractivity contribution in [2.24, 2.45) is 17.3 Å². The zero-order valence-electron chi connectivity index (χ0n) is 13.5. The Balaban J connectivity index is 1.68. The largest absolute Gasteiger partial charge is 0.399 e. The number of hydrazine groups is 1. The average molecular weight is 312 g/mol. The van der Waals surface area contributed by atoms with Crippen LogP contribution in [-0.4, -0.2) is 26.2 Å². The highest BCUT2D eigenvalue weighted by Crippen LogP contribution is 2.33. The Morgan fingerprint density at radius 1 is 1.43 bits per heavy atom. The number of fused-ring (bicyclic) bond motifs is 3. The van der Waals surface area contributed by atoms with Gasteiger partial charge in [0.15, 0.2) is 0 Å². The molecule has 2 aliphatic rings. The predicted molar refractivity (Wildman–Crippen MR) is 90.2 cm³/mol. The standard InChI is InChI=1S/C17H24N6/c1-11-2-5-15-13-8-17(19,7-6-14(13)21-23(15)9-11)16(18)10-22(20)12-3-4-12/h2,5,9-10,12H,3-4,6-8,18-20H2,1H3/b16-10-. The van der Waals surface area contributed by atoms with Gasteiger partial charge in [-0.2, -0.15) is 5.10 Å². The number of pyridine rings is 1. The van der Waals surface area contributed by atoms with E-state index in [0.29, 0.717) is 18.2 Å². The Morgan fingerprint density at radius 2 is 2.22 bits per heavy atom. The van der Waals surface area contributed by atoms with Gasteiger partial charge in [0.05, 0.1) is 16.7 Å². The maximum absolute atomic E-state index is 6.65. The monoisotopic (exact) mass is 312 g/mol. The molecule has 2 aliphatic carbocycles. The second-order valence-corrected chi connectivity index (χ2v) is 7.06. The minimum atomic E-state index is -0.548. The smallest absolute Gasteiger partial charge is 0.0697 e. The van der Waals surface area contributed by atoms with E-state index in [1.54, 1.807) is 5.01 Å². The normalized spacial score (nSPS) is 24.7. The average Bonchev–Trinajstić information content (AvgIpc) is 3.30. The van der Waals surface area contributed by atoms with Crippen LogP contribution in [0.2, 0.25) is 0 Å². The summed E-state index contributed by atoms with van der Waals surface area (Å²) in [4.78, 5) is 0. The lowest BCUT2D eigenvalue weighted by molar-refractivity contribution is 0.359. The van der Waals surface area contributed by atoms with Crippen LogP contribution in [0.15, 0.2) is 30.2 Å². The lowest BCUT2D eigenvalue weighted by Gasteiger charge is -2.34. The van der Waals surface area contributed by atoms with Crippen molar-refractivity contribution in [3.63, 3.8) is 0 Å². The predicted octanol–water partition coefficient (Wildman–Crippen LogP) is 0.967. The quantitative estimate of drug-likeness (QED) is 0.579. The van der Waals surface area contributed by atoms with Crippen molar-refractivity contribution in [2.75, 3.05) is 0 Å². The third-order valence-corrected chi connectivity index (χ3v) is 5.09. The Labute approximate surface area is 135 Å². The van der Waals surface area contributed by atoms with E-state index in [-0.39, 0.29) is 0 Å². The van der Waals surface area contributed by atoms with Gasteiger partial charge >= 0.3 is 0 Å². The molecule has 2 aromatic rings. The first kappa shape index (κ1) is 14.5. The number of nitrogens with two attached hydrogens (primary N) is 3. The second-order valence-electron chi connectivity index (χ2n) is 7.06. The molecule has 0 spiro atoms. The van der Waals surface area contributed by atoms with E-state index >= 15 is 0 Å². The van der Waals surface area contributed by atoms with Crippen molar-refractivity contribution in [3.05, 3.63) is 47.0 Å². The Morgan fingerprint density at radius 3 is 2.96 bits per heavy atom. The maximum atomic E-state index is 6.65. The van der Waals surface area contributed by atoms with Gasteiger partial charge in [-0.05, 0) is 44.2 Å². The van der Waals surface area contributed by atoms with Gasteiger partial charge < -0.3 is 16.5 Å². The molecule has 2 heterocycles. The van der Waals surface area contributed by atoms with Crippen LogP contribution in [0.1, 0.15) is 36.1 Å². The molecule has 6 heteroatoms. The Hall–Kier alpha value is -2.05. The van der Waals surface area contributed by atoms with Crippen molar-refractivity contribution in [2.45, 2.75) is 50.6 Å². The lowest BCUT2D eigenvalue weighted by atomic mass is 9.79. The van der Waals surface area contributed by atoms with Crippen LogP contribution >= 0.6 is 0 Å². The van der Waals surface area contributed by atoms with E-state index in [9.17, 15) is 0 Å².